The first-order valence-electron chi connectivity index (χ1n) is 10.5. The minimum absolute atomic E-state index is 0.117. The summed E-state index contributed by atoms with van der Waals surface area (Å²) < 4.78 is 26.2. The van der Waals surface area contributed by atoms with Crippen molar-refractivity contribution in [2.24, 2.45) is 7.05 Å². The molecule has 0 spiro atoms. The van der Waals surface area contributed by atoms with Crippen LogP contribution < -0.4 is 10.1 Å². The van der Waals surface area contributed by atoms with Gasteiger partial charge in [-0.3, -0.25) is 4.68 Å². The monoisotopic (exact) mass is 438 g/mol. The molecule has 0 bridgehead atoms. The van der Waals surface area contributed by atoms with E-state index in [2.05, 4.69) is 10.4 Å². The van der Waals surface area contributed by atoms with E-state index in [4.69, 9.17) is 9.47 Å². The van der Waals surface area contributed by atoms with E-state index in [-0.39, 0.29) is 11.8 Å². The van der Waals surface area contributed by atoms with Gasteiger partial charge in [0.2, 0.25) is 0 Å². The molecule has 1 aliphatic heterocycles. The molecular weight excluding hydrogens is 411 g/mol. The first kappa shape index (κ1) is 21.8. The largest absolute Gasteiger partial charge is 0.497 e. The minimum atomic E-state index is -0.281. The number of hydrogen-bond donors (Lipinski definition) is 1. The molecule has 2 amide bonds. The van der Waals surface area contributed by atoms with Crippen molar-refractivity contribution in [1.29, 1.82) is 0 Å². The molecule has 4 rings (SSSR count). The number of methoxy groups -OCH3 is 1. The summed E-state index contributed by atoms with van der Waals surface area (Å²) >= 11 is 0. The predicted molar refractivity (Wildman–Crippen MR) is 117 cm³/mol. The average Bonchev–Trinajstić information content (AvgIpc) is 3.12. The number of amides is 2. The van der Waals surface area contributed by atoms with Gasteiger partial charge in [-0.2, -0.15) is 5.10 Å². The molecule has 0 saturated carbocycles. The summed E-state index contributed by atoms with van der Waals surface area (Å²) in [6.07, 6.45) is 0.731. The van der Waals surface area contributed by atoms with Crippen LogP contribution >= 0.6 is 0 Å². The zero-order valence-corrected chi connectivity index (χ0v) is 18.3. The van der Waals surface area contributed by atoms with E-state index >= 15 is 0 Å². The van der Waals surface area contributed by atoms with E-state index in [1.165, 1.54) is 12.1 Å². The number of carbonyl (C=O) groups excluding carboxylic acids is 1. The third-order valence-electron chi connectivity index (χ3n) is 5.59. The van der Waals surface area contributed by atoms with Crippen molar-refractivity contribution in [2.45, 2.75) is 32.7 Å². The lowest BCUT2D eigenvalue weighted by Crippen LogP contribution is -2.42. The molecule has 0 radical (unpaired) electrons. The predicted octanol–water partition coefficient (Wildman–Crippen LogP) is 3.55. The average molecular weight is 439 g/mol. The number of benzene rings is 2. The summed E-state index contributed by atoms with van der Waals surface area (Å²) in [5.74, 6) is 0.481. The van der Waals surface area contributed by atoms with Gasteiger partial charge in [0.1, 0.15) is 11.6 Å². The normalized spacial score (nSPS) is 13.0. The molecule has 0 atom stereocenters. The number of carbonyl (C=O) groups is 1. The molecule has 0 fully saturated rings. The number of aryl methyl sites for hydroxylation is 1. The molecule has 168 valence electrons. The van der Waals surface area contributed by atoms with Crippen molar-refractivity contribution in [3.05, 3.63) is 82.4 Å². The van der Waals surface area contributed by atoms with E-state index < -0.39 is 0 Å². The van der Waals surface area contributed by atoms with Gasteiger partial charge >= 0.3 is 6.03 Å². The highest BCUT2D eigenvalue weighted by Crippen LogP contribution is 2.23. The molecule has 2 heterocycles. The highest BCUT2D eigenvalue weighted by Gasteiger charge is 2.26. The topological polar surface area (TPSA) is 68.6 Å². The maximum absolute atomic E-state index is 13.4. The van der Waals surface area contributed by atoms with Crippen molar-refractivity contribution in [3.63, 3.8) is 0 Å². The van der Waals surface area contributed by atoms with Crippen molar-refractivity contribution in [2.75, 3.05) is 13.7 Å². The molecule has 1 aromatic heterocycles. The van der Waals surface area contributed by atoms with Crippen LogP contribution in [0.5, 0.6) is 5.75 Å². The summed E-state index contributed by atoms with van der Waals surface area (Å²) in [7, 11) is 3.53. The number of fused-ring (bicyclic) bond motifs is 1. The van der Waals surface area contributed by atoms with Crippen LogP contribution in [-0.4, -0.2) is 34.4 Å². The van der Waals surface area contributed by atoms with Crippen LogP contribution in [0.25, 0.3) is 0 Å². The Morgan fingerprint density at radius 1 is 1.16 bits per heavy atom. The minimum Gasteiger partial charge on any atom is -0.497 e. The van der Waals surface area contributed by atoms with Crippen molar-refractivity contribution >= 4 is 6.03 Å². The maximum Gasteiger partial charge on any atom is 0.317 e. The quantitative estimate of drug-likeness (QED) is 0.613. The first-order chi connectivity index (χ1) is 15.5. The second kappa shape index (κ2) is 9.82. The number of aromatic nitrogens is 2. The van der Waals surface area contributed by atoms with E-state index in [0.717, 1.165) is 40.2 Å². The molecule has 7 nitrogen and oxygen atoms in total. The van der Waals surface area contributed by atoms with Gasteiger partial charge in [0.25, 0.3) is 0 Å². The molecular formula is C24H27FN4O3. The van der Waals surface area contributed by atoms with Crippen molar-refractivity contribution in [3.8, 4) is 5.75 Å². The number of halogens is 1. The molecule has 1 N–H and O–H groups in total. The second-order valence-electron chi connectivity index (χ2n) is 7.80. The fourth-order valence-corrected chi connectivity index (χ4v) is 3.92. The lowest BCUT2D eigenvalue weighted by Gasteiger charge is -2.28. The third-order valence-corrected chi connectivity index (χ3v) is 5.59. The van der Waals surface area contributed by atoms with Crippen LogP contribution in [0.4, 0.5) is 9.18 Å². The van der Waals surface area contributed by atoms with Crippen LogP contribution in [-0.2, 0) is 44.5 Å². The third kappa shape index (κ3) is 5.08. The van der Waals surface area contributed by atoms with Crippen LogP contribution in [0.1, 0.15) is 28.1 Å². The van der Waals surface area contributed by atoms with Gasteiger partial charge in [0, 0.05) is 37.8 Å². The fraction of sp³-hybridized carbons (Fsp3) is 0.333. The van der Waals surface area contributed by atoms with Crippen LogP contribution in [0.2, 0.25) is 0 Å². The Kier molecular flexibility index (Phi) is 6.70. The molecule has 2 aromatic carbocycles. The Morgan fingerprint density at radius 3 is 2.78 bits per heavy atom. The number of hydrogen-bond acceptors (Lipinski definition) is 4. The van der Waals surface area contributed by atoms with Gasteiger partial charge < -0.3 is 19.7 Å². The highest BCUT2D eigenvalue weighted by molar-refractivity contribution is 5.74. The maximum atomic E-state index is 13.4. The van der Waals surface area contributed by atoms with Gasteiger partial charge in [0.05, 0.1) is 32.6 Å². The van der Waals surface area contributed by atoms with Crippen LogP contribution in [0.15, 0.2) is 48.5 Å². The number of nitrogens with one attached hydrogen (secondary N) is 1. The number of nitrogens with zero attached hydrogens (tertiary/aromatic N) is 3. The number of urea groups is 1. The van der Waals surface area contributed by atoms with E-state index in [0.29, 0.717) is 32.8 Å². The molecule has 0 unspecified atom stereocenters. The first-order valence-corrected chi connectivity index (χ1v) is 10.5. The smallest absolute Gasteiger partial charge is 0.317 e. The van der Waals surface area contributed by atoms with Crippen molar-refractivity contribution in [1.82, 2.24) is 20.0 Å². The van der Waals surface area contributed by atoms with Gasteiger partial charge in [0.15, 0.2) is 0 Å². The Hall–Kier alpha value is -3.39. The Balaban J connectivity index is 1.36. The zero-order chi connectivity index (χ0) is 22.5. The van der Waals surface area contributed by atoms with E-state index in [1.807, 2.05) is 42.1 Å². The number of ether oxygens (including phenoxy) is 2. The second-order valence-corrected chi connectivity index (χ2v) is 7.80. The fourth-order valence-electron chi connectivity index (χ4n) is 3.92. The highest BCUT2D eigenvalue weighted by atomic mass is 19.1. The molecule has 0 saturated heterocycles. The van der Waals surface area contributed by atoms with Gasteiger partial charge in [-0.05, 0) is 35.4 Å². The summed E-state index contributed by atoms with van der Waals surface area (Å²) in [6.45, 7) is 2.13. The van der Waals surface area contributed by atoms with E-state index in [1.54, 1.807) is 18.1 Å². The zero-order valence-electron chi connectivity index (χ0n) is 18.3. The van der Waals surface area contributed by atoms with Crippen LogP contribution in [0, 0.1) is 5.82 Å². The molecule has 8 heteroatoms. The Labute approximate surface area is 186 Å². The molecule has 3 aromatic rings. The summed E-state index contributed by atoms with van der Waals surface area (Å²) in [5.41, 5.74) is 4.70. The Bertz CT molecular complexity index is 1100. The lowest BCUT2D eigenvalue weighted by atomic mass is 10.1. The van der Waals surface area contributed by atoms with Crippen LogP contribution in [0.3, 0.4) is 0 Å². The van der Waals surface area contributed by atoms with Crippen molar-refractivity contribution < 1.29 is 18.7 Å². The summed E-state index contributed by atoms with van der Waals surface area (Å²) in [5, 5.41) is 7.58. The Morgan fingerprint density at radius 2 is 1.97 bits per heavy atom. The van der Waals surface area contributed by atoms with Gasteiger partial charge in [-0.25, -0.2) is 9.18 Å². The standard InChI is InChI=1S/C24H27FN4O3/c1-28-23-9-10-29(24(30)26-13-17-5-4-8-20(12-17)31-2)14-21(23)22(27-28)16-32-15-18-6-3-7-19(25)11-18/h3-8,11-12H,9-10,13-16H2,1-2H3,(H,26,30). The molecule has 32 heavy (non-hydrogen) atoms. The summed E-state index contributed by atoms with van der Waals surface area (Å²) in [6, 6.07) is 13.9. The molecule has 0 aliphatic carbocycles. The van der Waals surface area contributed by atoms with Gasteiger partial charge in [-0.15, -0.1) is 0 Å². The number of rotatable bonds is 7. The SMILES string of the molecule is COc1cccc(CNC(=O)N2CCc3c(c(COCc4cccc(F)c4)nn3C)C2)c1. The molecule has 1 aliphatic rings. The van der Waals surface area contributed by atoms with Gasteiger partial charge in [-0.1, -0.05) is 24.3 Å². The van der Waals surface area contributed by atoms with E-state index in [9.17, 15) is 9.18 Å². The lowest BCUT2D eigenvalue weighted by molar-refractivity contribution is 0.103. The summed E-state index contributed by atoms with van der Waals surface area (Å²) in [4.78, 5) is 14.6.